The fourth-order valence-corrected chi connectivity index (χ4v) is 4.54. The number of methoxy groups -OCH3 is 1. The Morgan fingerprint density at radius 2 is 2.07 bits per heavy atom. The van der Waals surface area contributed by atoms with Crippen molar-refractivity contribution < 1.29 is 9.53 Å². The Morgan fingerprint density at radius 1 is 1.14 bits per heavy atom. The molecule has 1 aromatic carbocycles. The third-order valence-corrected chi connectivity index (χ3v) is 6.01. The van der Waals surface area contributed by atoms with Crippen LogP contribution in [0.15, 0.2) is 24.3 Å². The lowest BCUT2D eigenvalue weighted by Gasteiger charge is -2.24. The second kappa shape index (κ2) is 6.96. The Hall–Kier alpha value is -2.83. The van der Waals surface area contributed by atoms with Crippen molar-refractivity contribution in [2.24, 2.45) is 0 Å². The number of nitrogens with one attached hydrogen (secondary N) is 1. The van der Waals surface area contributed by atoms with Gasteiger partial charge in [0.05, 0.1) is 13.2 Å². The van der Waals surface area contributed by atoms with Gasteiger partial charge in [0.2, 0.25) is 0 Å². The van der Waals surface area contributed by atoms with Crippen LogP contribution in [0, 0.1) is 0 Å². The number of aromatic nitrogens is 4. The molecule has 4 heterocycles. The first-order valence-corrected chi connectivity index (χ1v) is 10.1. The first-order chi connectivity index (χ1) is 13.7. The summed E-state index contributed by atoms with van der Waals surface area (Å²) in [6.45, 7) is 1.72. The molecule has 146 valence electrons. The lowest BCUT2D eigenvalue weighted by atomic mass is 10.2. The molecule has 0 saturated carbocycles. The number of H-pyrrole nitrogens is 1. The van der Waals surface area contributed by atoms with Crippen LogP contribution in [0.4, 0.5) is 0 Å². The molecule has 1 fully saturated rings. The molecule has 1 saturated heterocycles. The number of hydrogen-bond acceptors (Lipinski definition) is 4. The third-order valence-electron chi connectivity index (χ3n) is 6.01. The van der Waals surface area contributed by atoms with Crippen LogP contribution in [0.2, 0.25) is 0 Å². The lowest BCUT2D eigenvalue weighted by Crippen LogP contribution is -2.32. The zero-order valence-electron chi connectivity index (χ0n) is 16.1. The molecule has 28 heavy (non-hydrogen) atoms. The van der Waals surface area contributed by atoms with Gasteiger partial charge in [0.1, 0.15) is 17.3 Å². The van der Waals surface area contributed by atoms with Gasteiger partial charge in [-0.1, -0.05) is 6.42 Å². The summed E-state index contributed by atoms with van der Waals surface area (Å²) in [7, 11) is 1.65. The van der Waals surface area contributed by atoms with Gasteiger partial charge in [-0.25, -0.2) is 0 Å². The topological polar surface area (TPSA) is 76.0 Å². The summed E-state index contributed by atoms with van der Waals surface area (Å²) >= 11 is 0. The molecule has 5 rings (SSSR count). The molecular formula is C21H25N5O2. The second-order valence-corrected chi connectivity index (χ2v) is 7.73. The van der Waals surface area contributed by atoms with Gasteiger partial charge in [-0.2, -0.15) is 0 Å². The Balaban J connectivity index is 1.45. The van der Waals surface area contributed by atoms with Crippen LogP contribution in [0.1, 0.15) is 60.3 Å². The predicted molar refractivity (Wildman–Crippen MR) is 105 cm³/mol. The smallest absolute Gasteiger partial charge is 0.270 e. The van der Waals surface area contributed by atoms with E-state index in [9.17, 15) is 4.79 Å². The molecule has 0 unspecified atom stereocenters. The molecule has 2 aliphatic heterocycles. The number of carbonyl (C=O) groups excluding carboxylic acids is 1. The molecule has 1 atom stereocenters. The molecule has 0 spiro atoms. The molecule has 0 bridgehead atoms. The standard InChI is InChI=1S/C21H25N5O2/c1-28-15-9-8-14-12-17(22-16(14)13-15)21(27)25-11-5-6-18(25)20-24-23-19-7-3-2-4-10-26(19)20/h8-9,12-13,18,22H,2-7,10-11H2,1H3/t18-/m0/s1. The SMILES string of the molecule is COc1ccc2cc(C(=O)N3CCC[C@H]3c3nnc4n3CCCCC4)[nH]c2c1. The Morgan fingerprint density at radius 3 is 2.96 bits per heavy atom. The van der Waals surface area contributed by atoms with Crippen molar-refractivity contribution in [3.8, 4) is 5.75 Å². The van der Waals surface area contributed by atoms with E-state index in [2.05, 4.69) is 19.7 Å². The summed E-state index contributed by atoms with van der Waals surface area (Å²) in [6, 6.07) is 7.74. The van der Waals surface area contributed by atoms with Crippen LogP contribution in [0.5, 0.6) is 5.75 Å². The van der Waals surface area contributed by atoms with Gasteiger partial charge in [0, 0.05) is 36.5 Å². The minimum Gasteiger partial charge on any atom is -0.497 e. The zero-order chi connectivity index (χ0) is 19.1. The first-order valence-electron chi connectivity index (χ1n) is 10.1. The maximum absolute atomic E-state index is 13.3. The molecule has 0 aliphatic carbocycles. The Kier molecular flexibility index (Phi) is 4.30. The number of benzene rings is 1. The van der Waals surface area contributed by atoms with Crippen LogP contribution >= 0.6 is 0 Å². The Labute approximate surface area is 163 Å². The average Bonchev–Trinajstić information content (AvgIpc) is 3.41. The minimum atomic E-state index is 0.00722. The number of aromatic amines is 1. The second-order valence-electron chi connectivity index (χ2n) is 7.73. The number of aryl methyl sites for hydroxylation is 1. The van der Waals surface area contributed by atoms with Crippen molar-refractivity contribution in [3.63, 3.8) is 0 Å². The van der Waals surface area contributed by atoms with E-state index in [-0.39, 0.29) is 11.9 Å². The highest BCUT2D eigenvalue weighted by atomic mass is 16.5. The number of likely N-dealkylation sites (tertiary alicyclic amines) is 1. The van der Waals surface area contributed by atoms with Crippen molar-refractivity contribution in [2.45, 2.75) is 51.1 Å². The van der Waals surface area contributed by atoms with E-state index >= 15 is 0 Å². The van der Waals surface area contributed by atoms with E-state index < -0.39 is 0 Å². The van der Waals surface area contributed by atoms with Crippen molar-refractivity contribution >= 4 is 16.8 Å². The highest BCUT2D eigenvalue weighted by molar-refractivity contribution is 5.98. The number of carbonyl (C=O) groups is 1. The summed E-state index contributed by atoms with van der Waals surface area (Å²) < 4.78 is 7.55. The van der Waals surface area contributed by atoms with E-state index in [4.69, 9.17) is 4.74 Å². The van der Waals surface area contributed by atoms with E-state index in [0.29, 0.717) is 5.69 Å². The van der Waals surface area contributed by atoms with Gasteiger partial charge in [0.15, 0.2) is 5.82 Å². The molecular weight excluding hydrogens is 354 g/mol. The zero-order valence-corrected chi connectivity index (χ0v) is 16.1. The van der Waals surface area contributed by atoms with Crippen molar-refractivity contribution in [1.82, 2.24) is 24.6 Å². The fraction of sp³-hybridized carbons (Fsp3) is 0.476. The molecule has 0 radical (unpaired) electrons. The van der Waals surface area contributed by atoms with Gasteiger partial charge in [-0.05, 0) is 43.9 Å². The van der Waals surface area contributed by atoms with E-state index in [1.807, 2.05) is 29.2 Å². The molecule has 7 nitrogen and oxygen atoms in total. The van der Waals surface area contributed by atoms with Crippen molar-refractivity contribution in [3.05, 3.63) is 41.6 Å². The quantitative estimate of drug-likeness (QED) is 0.756. The van der Waals surface area contributed by atoms with Crippen molar-refractivity contribution in [1.29, 1.82) is 0 Å². The van der Waals surface area contributed by atoms with Gasteiger partial charge < -0.3 is 19.2 Å². The number of fused-ring (bicyclic) bond motifs is 2. The fourth-order valence-electron chi connectivity index (χ4n) is 4.54. The van der Waals surface area contributed by atoms with Gasteiger partial charge in [0.25, 0.3) is 5.91 Å². The lowest BCUT2D eigenvalue weighted by molar-refractivity contribution is 0.0722. The van der Waals surface area contributed by atoms with Crippen LogP contribution in [-0.2, 0) is 13.0 Å². The van der Waals surface area contributed by atoms with E-state index in [1.54, 1.807) is 7.11 Å². The number of rotatable bonds is 3. The van der Waals surface area contributed by atoms with Crippen LogP contribution in [0.3, 0.4) is 0 Å². The maximum atomic E-state index is 13.3. The monoisotopic (exact) mass is 379 g/mol. The summed E-state index contributed by atoms with van der Waals surface area (Å²) in [4.78, 5) is 18.6. The average molecular weight is 379 g/mol. The molecule has 2 aliphatic rings. The molecule has 1 N–H and O–H groups in total. The Bertz CT molecular complexity index is 1020. The number of hydrogen-bond donors (Lipinski definition) is 1. The van der Waals surface area contributed by atoms with E-state index in [0.717, 1.165) is 67.1 Å². The van der Waals surface area contributed by atoms with E-state index in [1.165, 1.54) is 12.8 Å². The highest BCUT2D eigenvalue weighted by Crippen LogP contribution is 2.34. The summed E-state index contributed by atoms with van der Waals surface area (Å²) in [5.41, 5.74) is 1.53. The van der Waals surface area contributed by atoms with Gasteiger partial charge in [-0.15, -0.1) is 10.2 Å². The molecule has 2 aromatic heterocycles. The molecule has 3 aromatic rings. The summed E-state index contributed by atoms with van der Waals surface area (Å²) in [5.74, 6) is 2.84. The number of amides is 1. The maximum Gasteiger partial charge on any atom is 0.270 e. The summed E-state index contributed by atoms with van der Waals surface area (Å²) in [6.07, 6.45) is 6.48. The third kappa shape index (κ3) is 2.85. The summed E-state index contributed by atoms with van der Waals surface area (Å²) in [5, 5.41) is 9.95. The number of ether oxygens (including phenoxy) is 1. The first kappa shape index (κ1) is 17.3. The van der Waals surface area contributed by atoms with Crippen LogP contribution in [0.25, 0.3) is 10.9 Å². The van der Waals surface area contributed by atoms with Crippen LogP contribution in [-0.4, -0.2) is 44.2 Å². The normalized spacial score (nSPS) is 19.6. The molecule has 7 heteroatoms. The van der Waals surface area contributed by atoms with Gasteiger partial charge in [-0.3, -0.25) is 4.79 Å². The van der Waals surface area contributed by atoms with Crippen LogP contribution < -0.4 is 4.74 Å². The minimum absolute atomic E-state index is 0.00722. The predicted octanol–water partition coefficient (Wildman–Crippen LogP) is 3.47. The largest absolute Gasteiger partial charge is 0.497 e. The van der Waals surface area contributed by atoms with Crippen molar-refractivity contribution in [2.75, 3.05) is 13.7 Å². The number of nitrogens with zero attached hydrogens (tertiary/aromatic N) is 4. The highest BCUT2D eigenvalue weighted by Gasteiger charge is 2.35. The molecule has 1 amide bonds. The van der Waals surface area contributed by atoms with Gasteiger partial charge >= 0.3 is 0 Å².